The normalized spacial score (nSPS) is 11.3. The van der Waals surface area contributed by atoms with Gasteiger partial charge in [-0.1, -0.05) is 24.8 Å². The van der Waals surface area contributed by atoms with Gasteiger partial charge in [0.1, 0.15) is 0 Å². The number of aromatic nitrogens is 2. The zero-order valence-corrected chi connectivity index (χ0v) is 11.8. The SMILES string of the molecule is C=C/C(=C(/C(=O)NC[C]=O)c1ccccn1)c1ccccn1. The number of allylic oxidation sites excluding steroid dienone is 2. The van der Waals surface area contributed by atoms with Crippen LogP contribution < -0.4 is 5.32 Å². The molecular formula is C17H14N3O2. The molecular weight excluding hydrogens is 278 g/mol. The highest BCUT2D eigenvalue weighted by Gasteiger charge is 2.18. The molecule has 0 unspecified atom stereocenters. The summed E-state index contributed by atoms with van der Waals surface area (Å²) in [7, 11) is 0. The minimum absolute atomic E-state index is 0.193. The lowest BCUT2D eigenvalue weighted by Crippen LogP contribution is -2.27. The van der Waals surface area contributed by atoms with Gasteiger partial charge in [-0.15, -0.1) is 0 Å². The Morgan fingerprint density at radius 3 is 2.27 bits per heavy atom. The van der Waals surface area contributed by atoms with Crippen molar-refractivity contribution in [3.05, 3.63) is 72.8 Å². The molecule has 2 aromatic rings. The number of nitrogens with one attached hydrogen (secondary N) is 1. The Labute approximate surface area is 128 Å². The number of hydrogen-bond acceptors (Lipinski definition) is 4. The first kappa shape index (κ1) is 15.3. The highest BCUT2D eigenvalue weighted by molar-refractivity contribution is 6.27. The van der Waals surface area contributed by atoms with E-state index in [0.29, 0.717) is 22.5 Å². The lowest BCUT2D eigenvalue weighted by atomic mass is 10.00. The van der Waals surface area contributed by atoms with E-state index < -0.39 is 5.91 Å². The summed E-state index contributed by atoms with van der Waals surface area (Å²) in [6, 6.07) is 10.6. The van der Waals surface area contributed by atoms with Gasteiger partial charge in [0.15, 0.2) is 0 Å². The maximum absolute atomic E-state index is 12.4. The molecule has 0 saturated heterocycles. The maximum Gasteiger partial charge on any atom is 0.254 e. The summed E-state index contributed by atoms with van der Waals surface area (Å²) >= 11 is 0. The van der Waals surface area contributed by atoms with Crippen LogP contribution in [-0.2, 0) is 9.59 Å². The van der Waals surface area contributed by atoms with E-state index in [4.69, 9.17) is 0 Å². The number of carbonyl (C=O) groups excluding carboxylic acids is 2. The highest BCUT2D eigenvalue weighted by Crippen LogP contribution is 2.25. The van der Waals surface area contributed by atoms with Crippen molar-refractivity contribution in [2.45, 2.75) is 0 Å². The Kier molecular flexibility index (Phi) is 5.31. The smallest absolute Gasteiger partial charge is 0.254 e. The number of nitrogens with zero attached hydrogens (tertiary/aromatic N) is 2. The van der Waals surface area contributed by atoms with E-state index in [-0.39, 0.29) is 6.54 Å². The lowest BCUT2D eigenvalue weighted by molar-refractivity contribution is -0.115. The third-order valence-electron chi connectivity index (χ3n) is 2.88. The monoisotopic (exact) mass is 292 g/mol. The number of carbonyl (C=O) groups is 1. The van der Waals surface area contributed by atoms with E-state index in [9.17, 15) is 9.59 Å². The first-order chi connectivity index (χ1) is 10.8. The van der Waals surface area contributed by atoms with Crippen molar-refractivity contribution in [2.75, 3.05) is 6.54 Å². The van der Waals surface area contributed by atoms with Crippen molar-refractivity contribution < 1.29 is 9.59 Å². The summed E-state index contributed by atoms with van der Waals surface area (Å²) in [5.74, 6) is -0.428. The number of pyridine rings is 2. The van der Waals surface area contributed by atoms with Gasteiger partial charge in [0.2, 0.25) is 6.29 Å². The van der Waals surface area contributed by atoms with Crippen LogP contribution >= 0.6 is 0 Å². The molecule has 0 aliphatic heterocycles. The minimum atomic E-state index is -0.428. The Hall–Kier alpha value is -3.08. The predicted octanol–water partition coefficient (Wildman–Crippen LogP) is 1.80. The topological polar surface area (TPSA) is 72.0 Å². The number of amides is 1. The molecule has 2 rings (SSSR count). The first-order valence-corrected chi connectivity index (χ1v) is 6.60. The third kappa shape index (κ3) is 3.52. The summed E-state index contributed by atoms with van der Waals surface area (Å²) < 4.78 is 0. The second-order valence-electron chi connectivity index (χ2n) is 4.25. The Morgan fingerprint density at radius 1 is 1.14 bits per heavy atom. The summed E-state index contributed by atoms with van der Waals surface area (Å²) in [5.41, 5.74) is 1.93. The number of rotatable bonds is 6. The van der Waals surface area contributed by atoms with Crippen LogP contribution in [0.15, 0.2) is 61.4 Å². The van der Waals surface area contributed by atoms with E-state index in [1.165, 1.54) is 0 Å². The molecule has 1 radical (unpaired) electrons. The molecule has 0 fully saturated rings. The van der Waals surface area contributed by atoms with Crippen LogP contribution in [0.4, 0.5) is 0 Å². The molecule has 0 aliphatic rings. The largest absolute Gasteiger partial charge is 0.344 e. The molecule has 0 aromatic carbocycles. The quantitative estimate of drug-likeness (QED) is 0.651. The fourth-order valence-electron chi connectivity index (χ4n) is 1.95. The maximum atomic E-state index is 12.4. The third-order valence-corrected chi connectivity index (χ3v) is 2.88. The van der Waals surface area contributed by atoms with Gasteiger partial charge in [-0.25, -0.2) is 0 Å². The molecule has 2 heterocycles. The van der Waals surface area contributed by atoms with Crippen LogP contribution in [0.1, 0.15) is 11.4 Å². The summed E-state index contributed by atoms with van der Waals surface area (Å²) in [6.07, 6.45) is 6.41. The van der Waals surface area contributed by atoms with Crippen LogP contribution in [0.3, 0.4) is 0 Å². The van der Waals surface area contributed by atoms with Gasteiger partial charge in [-0.05, 0) is 24.3 Å². The molecule has 22 heavy (non-hydrogen) atoms. The second-order valence-corrected chi connectivity index (χ2v) is 4.25. The molecule has 0 aliphatic carbocycles. The van der Waals surface area contributed by atoms with E-state index in [1.54, 1.807) is 55.1 Å². The zero-order valence-electron chi connectivity index (χ0n) is 11.8. The molecule has 0 spiro atoms. The van der Waals surface area contributed by atoms with E-state index in [0.717, 1.165) is 0 Å². The van der Waals surface area contributed by atoms with E-state index >= 15 is 0 Å². The minimum Gasteiger partial charge on any atom is -0.344 e. The summed E-state index contributed by atoms with van der Waals surface area (Å²) in [4.78, 5) is 31.2. The van der Waals surface area contributed by atoms with Crippen LogP contribution in [0.25, 0.3) is 11.1 Å². The molecule has 0 saturated carbocycles. The number of hydrogen-bond donors (Lipinski definition) is 1. The van der Waals surface area contributed by atoms with Gasteiger partial charge < -0.3 is 5.32 Å². The molecule has 5 nitrogen and oxygen atoms in total. The van der Waals surface area contributed by atoms with Crippen molar-refractivity contribution >= 4 is 23.3 Å². The van der Waals surface area contributed by atoms with Gasteiger partial charge >= 0.3 is 0 Å². The summed E-state index contributed by atoms with van der Waals surface area (Å²) in [6.45, 7) is 3.57. The Morgan fingerprint density at radius 2 is 1.77 bits per heavy atom. The lowest BCUT2D eigenvalue weighted by Gasteiger charge is -2.11. The average molecular weight is 292 g/mol. The fraction of sp³-hybridized carbons (Fsp3) is 0.0588. The van der Waals surface area contributed by atoms with Crippen molar-refractivity contribution in [1.82, 2.24) is 15.3 Å². The predicted molar refractivity (Wildman–Crippen MR) is 84.2 cm³/mol. The van der Waals surface area contributed by atoms with Crippen LogP contribution in [0.2, 0.25) is 0 Å². The van der Waals surface area contributed by atoms with Gasteiger partial charge in [0.25, 0.3) is 5.91 Å². The van der Waals surface area contributed by atoms with Crippen molar-refractivity contribution in [3.8, 4) is 0 Å². The molecule has 109 valence electrons. The molecule has 2 aromatic heterocycles. The molecule has 5 heteroatoms. The Bertz CT molecular complexity index is 694. The van der Waals surface area contributed by atoms with Gasteiger partial charge in [0.05, 0.1) is 23.5 Å². The van der Waals surface area contributed by atoms with Crippen molar-refractivity contribution in [3.63, 3.8) is 0 Å². The van der Waals surface area contributed by atoms with Crippen molar-refractivity contribution in [1.29, 1.82) is 0 Å². The molecule has 1 N–H and O–H groups in total. The first-order valence-electron chi connectivity index (χ1n) is 6.60. The van der Waals surface area contributed by atoms with Crippen molar-refractivity contribution in [2.24, 2.45) is 0 Å². The Balaban J connectivity index is 2.60. The molecule has 0 atom stereocenters. The van der Waals surface area contributed by atoms with Gasteiger partial charge in [0, 0.05) is 18.0 Å². The molecule has 0 bridgehead atoms. The molecule has 1 amide bonds. The average Bonchev–Trinajstić information content (AvgIpc) is 2.59. The van der Waals surface area contributed by atoms with Gasteiger partial charge in [-0.3, -0.25) is 19.6 Å². The zero-order chi connectivity index (χ0) is 15.8. The standard InChI is InChI=1S/C17H14N3O2/c1-2-13(14-7-3-5-9-18-14)16(17(22)20-11-12-21)15-8-4-6-10-19-15/h2-10H,1,11H2,(H,20,22)/b16-13-. The summed E-state index contributed by atoms with van der Waals surface area (Å²) in [5, 5.41) is 2.48. The van der Waals surface area contributed by atoms with E-state index in [1.807, 2.05) is 6.07 Å². The second kappa shape index (κ2) is 7.64. The highest BCUT2D eigenvalue weighted by atomic mass is 16.2. The van der Waals surface area contributed by atoms with Gasteiger partial charge in [-0.2, -0.15) is 0 Å². The van der Waals surface area contributed by atoms with Crippen LogP contribution in [0.5, 0.6) is 0 Å². The van der Waals surface area contributed by atoms with Crippen LogP contribution in [0, 0.1) is 0 Å². The fourth-order valence-corrected chi connectivity index (χ4v) is 1.95. The van der Waals surface area contributed by atoms with E-state index in [2.05, 4.69) is 21.9 Å². The van der Waals surface area contributed by atoms with Crippen LogP contribution in [-0.4, -0.2) is 28.7 Å².